The van der Waals surface area contributed by atoms with Crippen LogP contribution in [0, 0.1) is 6.92 Å². The van der Waals surface area contributed by atoms with E-state index >= 15 is 0 Å². The second-order valence-corrected chi connectivity index (χ2v) is 5.51. The van der Waals surface area contributed by atoms with Crippen molar-refractivity contribution in [2.45, 2.75) is 13.8 Å². The van der Waals surface area contributed by atoms with Crippen LogP contribution in [0.25, 0.3) is 0 Å². The molecule has 0 spiro atoms. The third-order valence-corrected chi connectivity index (χ3v) is 3.34. The summed E-state index contributed by atoms with van der Waals surface area (Å²) in [5.74, 6) is 0.459. The van der Waals surface area contributed by atoms with E-state index < -0.39 is 5.97 Å². The molecule has 2 N–H and O–H groups in total. The molecule has 0 bridgehead atoms. The van der Waals surface area contributed by atoms with E-state index in [2.05, 4.69) is 15.8 Å². The number of benzene rings is 1. The number of hydrogen-bond acceptors (Lipinski definition) is 5. The minimum absolute atomic E-state index is 0.305. The minimum atomic E-state index is -0.425. The summed E-state index contributed by atoms with van der Waals surface area (Å²) in [4.78, 5) is 11.7. The number of hydrazone groups is 1. The molecule has 0 radical (unpaired) electrons. The Morgan fingerprint density at radius 3 is 2.79 bits per heavy atom. The monoisotopic (exact) mass is 365 g/mol. The number of esters is 1. The highest BCUT2D eigenvalue weighted by Crippen LogP contribution is 2.15. The Kier molecular flexibility index (Phi) is 6.34. The maximum atomic E-state index is 11.7. The predicted molar refractivity (Wildman–Crippen MR) is 97.8 cm³/mol. The highest BCUT2D eigenvalue weighted by atomic mass is 35.5. The van der Waals surface area contributed by atoms with E-state index in [1.54, 1.807) is 44.2 Å². The summed E-state index contributed by atoms with van der Waals surface area (Å²) in [5, 5.41) is 7.86. The van der Waals surface area contributed by atoms with Crippen LogP contribution in [0.2, 0.25) is 5.02 Å². The fraction of sp³-hybridized carbons (Fsp3) is 0.188. The zero-order chi connectivity index (χ0) is 17.5. The van der Waals surface area contributed by atoms with Crippen molar-refractivity contribution in [2.24, 2.45) is 5.10 Å². The number of nitrogens with zero attached hydrogens (tertiary/aromatic N) is 1. The molecule has 2 aromatic rings. The molecule has 0 aliphatic rings. The van der Waals surface area contributed by atoms with Crippen LogP contribution in [0.1, 0.15) is 28.8 Å². The lowest BCUT2D eigenvalue weighted by molar-refractivity contribution is 0.0524. The van der Waals surface area contributed by atoms with Crippen molar-refractivity contribution < 1.29 is 13.9 Å². The summed E-state index contributed by atoms with van der Waals surface area (Å²) in [6.45, 7) is 3.73. The maximum Gasteiger partial charge on any atom is 0.341 e. The van der Waals surface area contributed by atoms with Gasteiger partial charge in [-0.1, -0.05) is 11.6 Å². The van der Waals surface area contributed by atoms with Gasteiger partial charge in [0.2, 0.25) is 0 Å². The topological polar surface area (TPSA) is 75.9 Å². The first-order chi connectivity index (χ1) is 11.5. The van der Waals surface area contributed by atoms with Gasteiger partial charge >= 0.3 is 5.97 Å². The number of halogens is 1. The fourth-order valence-electron chi connectivity index (χ4n) is 1.83. The van der Waals surface area contributed by atoms with Crippen molar-refractivity contribution in [1.29, 1.82) is 0 Å². The minimum Gasteiger partial charge on any atom is -0.462 e. The van der Waals surface area contributed by atoms with Gasteiger partial charge in [-0.3, -0.25) is 5.43 Å². The summed E-state index contributed by atoms with van der Waals surface area (Å²) < 4.78 is 10.4. The SMILES string of the molecule is CCOC(=O)c1cc(/C=N/NC(=S)Nc2ccc(Cl)cc2)oc1C. The summed E-state index contributed by atoms with van der Waals surface area (Å²) >= 11 is 10.9. The number of carbonyl (C=O) groups excluding carboxylic acids is 1. The lowest BCUT2D eigenvalue weighted by atomic mass is 10.2. The van der Waals surface area contributed by atoms with Gasteiger partial charge in [0.1, 0.15) is 17.1 Å². The molecule has 6 nitrogen and oxygen atoms in total. The Morgan fingerprint density at radius 1 is 1.42 bits per heavy atom. The van der Waals surface area contributed by atoms with E-state index in [0.29, 0.717) is 33.8 Å². The van der Waals surface area contributed by atoms with Gasteiger partial charge < -0.3 is 14.5 Å². The molecule has 8 heteroatoms. The van der Waals surface area contributed by atoms with Crippen LogP contribution >= 0.6 is 23.8 Å². The number of thiocarbonyl (C=S) groups is 1. The molecule has 1 aromatic carbocycles. The number of rotatable bonds is 5. The van der Waals surface area contributed by atoms with Gasteiger partial charge in [0, 0.05) is 16.8 Å². The van der Waals surface area contributed by atoms with Crippen LogP contribution in [0.5, 0.6) is 0 Å². The van der Waals surface area contributed by atoms with Gasteiger partial charge in [0.15, 0.2) is 5.11 Å². The highest BCUT2D eigenvalue weighted by molar-refractivity contribution is 7.80. The van der Waals surface area contributed by atoms with E-state index in [9.17, 15) is 4.79 Å². The third-order valence-electron chi connectivity index (χ3n) is 2.89. The number of carbonyl (C=O) groups is 1. The van der Waals surface area contributed by atoms with Crippen molar-refractivity contribution in [3.8, 4) is 0 Å². The Labute approximate surface area is 149 Å². The maximum absolute atomic E-state index is 11.7. The van der Waals surface area contributed by atoms with Crippen LogP contribution in [-0.4, -0.2) is 23.9 Å². The second-order valence-electron chi connectivity index (χ2n) is 4.67. The van der Waals surface area contributed by atoms with Crippen LogP contribution in [-0.2, 0) is 4.74 Å². The zero-order valence-corrected chi connectivity index (χ0v) is 14.7. The first-order valence-corrected chi connectivity index (χ1v) is 7.91. The van der Waals surface area contributed by atoms with Crippen LogP contribution in [0.15, 0.2) is 39.9 Å². The quantitative estimate of drug-likeness (QED) is 0.364. The van der Waals surface area contributed by atoms with E-state index in [4.69, 9.17) is 33.0 Å². The molecule has 0 aliphatic heterocycles. The van der Waals surface area contributed by atoms with E-state index in [1.807, 2.05) is 0 Å². The Balaban J connectivity index is 1.91. The first kappa shape index (κ1) is 18.0. The lowest BCUT2D eigenvalue weighted by Crippen LogP contribution is -2.23. The van der Waals surface area contributed by atoms with Crippen molar-refractivity contribution >= 4 is 46.8 Å². The Morgan fingerprint density at radius 2 is 2.12 bits per heavy atom. The molecule has 0 amide bonds. The van der Waals surface area contributed by atoms with Gasteiger partial charge in [-0.25, -0.2) is 4.79 Å². The molecule has 0 fully saturated rings. The van der Waals surface area contributed by atoms with Crippen molar-refractivity contribution in [3.63, 3.8) is 0 Å². The van der Waals surface area contributed by atoms with Crippen molar-refractivity contribution in [1.82, 2.24) is 5.43 Å². The third kappa shape index (κ3) is 5.07. The Bertz CT molecular complexity index is 756. The van der Waals surface area contributed by atoms with Gasteiger partial charge in [0.25, 0.3) is 0 Å². The molecule has 0 unspecified atom stereocenters. The van der Waals surface area contributed by atoms with Gasteiger partial charge in [0.05, 0.1) is 12.8 Å². The standard InChI is InChI=1S/C16H16ClN3O3S/c1-3-22-15(21)14-8-13(23-10(14)2)9-18-20-16(24)19-12-6-4-11(17)5-7-12/h4-9H,3H2,1-2H3,(H2,19,20,24)/b18-9+. The lowest BCUT2D eigenvalue weighted by Gasteiger charge is -2.06. The van der Waals surface area contributed by atoms with E-state index in [-0.39, 0.29) is 0 Å². The molecule has 0 aliphatic carbocycles. The number of ether oxygens (including phenoxy) is 1. The van der Waals surface area contributed by atoms with Gasteiger partial charge in [-0.2, -0.15) is 5.10 Å². The van der Waals surface area contributed by atoms with Crippen LogP contribution in [0.4, 0.5) is 5.69 Å². The van der Waals surface area contributed by atoms with E-state index in [1.165, 1.54) is 6.21 Å². The molecule has 1 heterocycles. The summed E-state index contributed by atoms with van der Waals surface area (Å²) in [6, 6.07) is 8.65. The van der Waals surface area contributed by atoms with Crippen LogP contribution in [0.3, 0.4) is 0 Å². The van der Waals surface area contributed by atoms with Crippen molar-refractivity contribution in [2.75, 3.05) is 11.9 Å². The molecule has 126 valence electrons. The average molecular weight is 366 g/mol. The number of anilines is 1. The smallest absolute Gasteiger partial charge is 0.341 e. The normalized spacial score (nSPS) is 10.6. The molecule has 0 saturated heterocycles. The van der Waals surface area contributed by atoms with Crippen LogP contribution < -0.4 is 10.7 Å². The number of hydrogen-bond donors (Lipinski definition) is 2. The first-order valence-electron chi connectivity index (χ1n) is 7.12. The second kappa shape index (κ2) is 8.47. The Hall–Kier alpha value is -2.38. The molecule has 24 heavy (non-hydrogen) atoms. The molecular formula is C16H16ClN3O3S. The zero-order valence-electron chi connectivity index (χ0n) is 13.1. The van der Waals surface area contributed by atoms with Crippen molar-refractivity contribution in [3.05, 3.63) is 52.4 Å². The highest BCUT2D eigenvalue weighted by Gasteiger charge is 2.15. The summed E-state index contributed by atoms with van der Waals surface area (Å²) in [6.07, 6.45) is 1.42. The largest absolute Gasteiger partial charge is 0.462 e. The van der Waals surface area contributed by atoms with Gasteiger partial charge in [-0.15, -0.1) is 0 Å². The van der Waals surface area contributed by atoms with Gasteiger partial charge in [-0.05, 0) is 50.3 Å². The number of furan rings is 1. The van der Waals surface area contributed by atoms with E-state index in [0.717, 1.165) is 5.69 Å². The molecule has 2 rings (SSSR count). The molecule has 1 aromatic heterocycles. The molecule has 0 saturated carbocycles. The summed E-state index contributed by atoms with van der Waals surface area (Å²) in [5.41, 5.74) is 3.82. The average Bonchev–Trinajstić information content (AvgIpc) is 2.91. The fourth-order valence-corrected chi connectivity index (χ4v) is 2.12. The molecular weight excluding hydrogens is 350 g/mol. The number of aryl methyl sites for hydroxylation is 1. The summed E-state index contributed by atoms with van der Waals surface area (Å²) in [7, 11) is 0. The predicted octanol–water partition coefficient (Wildman–Crippen LogP) is 3.74. The number of nitrogens with one attached hydrogen (secondary N) is 2. The molecule has 0 atom stereocenters.